The number of halogens is 1. The molecule has 0 spiro atoms. The number of rotatable bonds is 4. The lowest BCUT2D eigenvalue weighted by Crippen LogP contribution is -2.12. The molecule has 0 heterocycles. The van der Waals surface area contributed by atoms with Gasteiger partial charge in [0, 0.05) is 17.3 Å². The molecule has 2 unspecified atom stereocenters. The monoisotopic (exact) mass is 368 g/mol. The first kappa shape index (κ1) is 16.7. The molecule has 7 heteroatoms. The summed E-state index contributed by atoms with van der Waals surface area (Å²) in [5.74, 6) is -0.0432. The minimum absolute atomic E-state index is 0.0195. The Balaban J connectivity index is 3.61. The first-order chi connectivity index (χ1) is 8.44. The van der Waals surface area contributed by atoms with E-state index < -0.39 is 19.7 Å². The van der Waals surface area contributed by atoms with Gasteiger partial charge >= 0.3 is 0 Å². The van der Waals surface area contributed by atoms with Crippen molar-refractivity contribution in [1.82, 2.24) is 0 Å². The van der Waals surface area contributed by atoms with Crippen LogP contribution in [0.25, 0.3) is 0 Å². The maximum absolute atomic E-state index is 11.8. The molecule has 0 bridgehead atoms. The van der Waals surface area contributed by atoms with Gasteiger partial charge in [0.05, 0.1) is 9.79 Å². The van der Waals surface area contributed by atoms with Gasteiger partial charge in [-0.25, -0.2) is 16.8 Å². The van der Waals surface area contributed by atoms with E-state index in [1.165, 1.54) is 12.1 Å². The van der Waals surface area contributed by atoms with Gasteiger partial charge in [-0.2, -0.15) is 0 Å². The second-order valence-corrected chi connectivity index (χ2v) is 10.2. The smallest absolute Gasteiger partial charge is 0.175 e. The summed E-state index contributed by atoms with van der Waals surface area (Å²) in [6, 6.07) is 4.27. The van der Waals surface area contributed by atoms with Crippen molar-refractivity contribution in [2.45, 2.75) is 34.4 Å². The average Bonchev–Trinajstić information content (AvgIpc) is 2.24. The van der Waals surface area contributed by atoms with E-state index in [1.54, 1.807) is 6.07 Å². The molecule has 0 aliphatic carbocycles. The van der Waals surface area contributed by atoms with Crippen molar-refractivity contribution >= 4 is 35.6 Å². The van der Waals surface area contributed by atoms with E-state index in [0.717, 1.165) is 12.5 Å². The third-order valence-electron chi connectivity index (χ3n) is 2.99. The van der Waals surface area contributed by atoms with Crippen molar-refractivity contribution in [3.05, 3.63) is 23.8 Å². The molecule has 0 radical (unpaired) electrons. The molecule has 0 aromatic heterocycles. The second kappa shape index (κ2) is 5.54. The summed E-state index contributed by atoms with van der Waals surface area (Å²) >= 11 is 3.42. The van der Waals surface area contributed by atoms with E-state index in [1.807, 2.05) is 13.8 Å². The summed E-state index contributed by atoms with van der Waals surface area (Å²) in [5, 5.41) is 0. The highest BCUT2D eigenvalue weighted by atomic mass is 79.9. The summed E-state index contributed by atoms with van der Waals surface area (Å²) in [6.07, 6.45) is 2.15. The van der Waals surface area contributed by atoms with Gasteiger partial charge in [0.15, 0.2) is 19.7 Å². The molecule has 19 heavy (non-hydrogen) atoms. The van der Waals surface area contributed by atoms with E-state index >= 15 is 0 Å². The Kier molecular flexibility index (Phi) is 4.85. The first-order valence-corrected chi connectivity index (χ1v) is 10.3. The Morgan fingerprint density at radius 2 is 1.53 bits per heavy atom. The standard InChI is InChI=1S/C12H17BrO4S2/c1-8(9(2)13)11-6-5-10(18(3,14)15)7-12(11)19(4,16)17/h5-9H,1-4H3. The van der Waals surface area contributed by atoms with Crippen LogP contribution in [0.1, 0.15) is 25.3 Å². The zero-order valence-electron chi connectivity index (χ0n) is 11.2. The summed E-state index contributed by atoms with van der Waals surface area (Å²) in [6.45, 7) is 3.81. The lowest BCUT2D eigenvalue weighted by atomic mass is 9.99. The predicted octanol–water partition coefficient (Wildman–Crippen LogP) is 2.38. The van der Waals surface area contributed by atoms with Crippen molar-refractivity contribution in [2.24, 2.45) is 0 Å². The van der Waals surface area contributed by atoms with Crippen LogP contribution in [0.3, 0.4) is 0 Å². The van der Waals surface area contributed by atoms with Crippen molar-refractivity contribution < 1.29 is 16.8 Å². The van der Waals surface area contributed by atoms with Gasteiger partial charge in [0.1, 0.15) is 0 Å². The van der Waals surface area contributed by atoms with Gasteiger partial charge < -0.3 is 0 Å². The van der Waals surface area contributed by atoms with Crippen LogP contribution in [0, 0.1) is 0 Å². The molecular formula is C12H17BrO4S2. The van der Waals surface area contributed by atoms with Crippen molar-refractivity contribution in [3.63, 3.8) is 0 Å². The highest BCUT2D eigenvalue weighted by Gasteiger charge is 2.22. The minimum atomic E-state index is -3.48. The lowest BCUT2D eigenvalue weighted by molar-refractivity contribution is 0.597. The summed E-state index contributed by atoms with van der Waals surface area (Å²) in [4.78, 5) is 0.178. The van der Waals surface area contributed by atoms with Crippen LogP contribution in [0.15, 0.2) is 28.0 Å². The van der Waals surface area contributed by atoms with Crippen LogP contribution >= 0.6 is 15.9 Å². The fraction of sp³-hybridized carbons (Fsp3) is 0.500. The molecule has 0 saturated heterocycles. The minimum Gasteiger partial charge on any atom is -0.224 e. The summed E-state index contributed by atoms with van der Waals surface area (Å²) < 4.78 is 46.7. The molecule has 1 rings (SSSR count). The molecule has 4 nitrogen and oxygen atoms in total. The number of sulfone groups is 2. The van der Waals surface area contributed by atoms with Crippen molar-refractivity contribution in [2.75, 3.05) is 12.5 Å². The SMILES string of the molecule is CC(Br)C(C)c1ccc(S(C)(=O)=O)cc1S(C)(=O)=O. The Morgan fingerprint density at radius 1 is 1.00 bits per heavy atom. The first-order valence-electron chi connectivity index (χ1n) is 5.62. The Hall–Kier alpha value is -0.400. The van der Waals surface area contributed by atoms with Gasteiger partial charge in [0.2, 0.25) is 0 Å². The molecule has 0 aliphatic heterocycles. The molecule has 0 aliphatic rings. The van der Waals surface area contributed by atoms with E-state index in [2.05, 4.69) is 15.9 Å². The van der Waals surface area contributed by atoms with E-state index in [0.29, 0.717) is 5.56 Å². The van der Waals surface area contributed by atoms with Gasteiger partial charge in [0.25, 0.3) is 0 Å². The predicted molar refractivity (Wildman–Crippen MR) is 79.5 cm³/mol. The average molecular weight is 369 g/mol. The molecule has 108 valence electrons. The Bertz CT molecular complexity index is 676. The van der Waals surface area contributed by atoms with Gasteiger partial charge in [-0.1, -0.05) is 35.8 Å². The molecule has 2 atom stereocenters. The molecule has 0 amide bonds. The van der Waals surface area contributed by atoms with Crippen LogP contribution in [0.2, 0.25) is 0 Å². The summed E-state index contributed by atoms with van der Waals surface area (Å²) in [7, 11) is -6.90. The van der Waals surface area contributed by atoms with Gasteiger partial charge in [-0.05, 0) is 23.6 Å². The molecule has 0 fully saturated rings. The fourth-order valence-corrected chi connectivity index (χ4v) is 3.72. The van der Waals surface area contributed by atoms with E-state index in [4.69, 9.17) is 0 Å². The Labute approximate surface area is 123 Å². The maximum atomic E-state index is 11.8. The Morgan fingerprint density at radius 3 is 1.89 bits per heavy atom. The zero-order chi connectivity index (χ0) is 15.0. The third-order valence-corrected chi connectivity index (χ3v) is 6.05. The number of benzene rings is 1. The molecule has 0 saturated carbocycles. The van der Waals surface area contributed by atoms with Gasteiger partial charge in [-0.3, -0.25) is 0 Å². The molecular weight excluding hydrogens is 352 g/mol. The normalized spacial score (nSPS) is 16.1. The van der Waals surface area contributed by atoms with E-state index in [-0.39, 0.29) is 20.5 Å². The van der Waals surface area contributed by atoms with Crippen molar-refractivity contribution in [1.29, 1.82) is 0 Å². The quantitative estimate of drug-likeness (QED) is 0.765. The van der Waals surface area contributed by atoms with Crippen LogP contribution in [-0.2, 0) is 19.7 Å². The van der Waals surface area contributed by atoms with Crippen molar-refractivity contribution in [3.8, 4) is 0 Å². The highest BCUT2D eigenvalue weighted by Crippen LogP contribution is 2.31. The van der Waals surface area contributed by atoms with Crippen LogP contribution in [0.5, 0.6) is 0 Å². The number of alkyl halides is 1. The third kappa shape index (κ3) is 4.03. The van der Waals surface area contributed by atoms with Gasteiger partial charge in [-0.15, -0.1) is 0 Å². The zero-order valence-corrected chi connectivity index (χ0v) is 14.4. The van der Waals surface area contributed by atoms with E-state index in [9.17, 15) is 16.8 Å². The maximum Gasteiger partial charge on any atom is 0.175 e. The highest BCUT2D eigenvalue weighted by molar-refractivity contribution is 9.09. The molecule has 1 aromatic carbocycles. The fourth-order valence-electron chi connectivity index (χ4n) is 1.69. The number of hydrogen-bond donors (Lipinski definition) is 0. The summed E-state index contributed by atoms with van der Waals surface area (Å²) in [5.41, 5.74) is 0.624. The lowest BCUT2D eigenvalue weighted by Gasteiger charge is -2.18. The topological polar surface area (TPSA) is 68.3 Å². The van der Waals surface area contributed by atoms with Crippen LogP contribution < -0.4 is 0 Å². The van der Waals surface area contributed by atoms with Crippen LogP contribution in [-0.4, -0.2) is 34.2 Å². The molecule has 0 N–H and O–H groups in total. The largest absolute Gasteiger partial charge is 0.224 e. The van der Waals surface area contributed by atoms with Crippen LogP contribution in [0.4, 0.5) is 0 Å². The molecule has 1 aromatic rings. The number of hydrogen-bond acceptors (Lipinski definition) is 4. The second-order valence-electron chi connectivity index (χ2n) is 4.71.